The van der Waals surface area contributed by atoms with E-state index in [1.165, 1.54) is 19.3 Å². The van der Waals surface area contributed by atoms with E-state index < -0.39 is 0 Å². The van der Waals surface area contributed by atoms with E-state index in [9.17, 15) is 4.79 Å². The lowest BCUT2D eigenvalue weighted by molar-refractivity contribution is -0.117. The molecule has 0 unspecified atom stereocenters. The van der Waals surface area contributed by atoms with Crippen molar-refractivity contribution >= 4 is 34.8 Å². The molecule has 4 rings (SSSR count). The number of hydrogen-bond acceptors (Lipinski definition) is 2. The fraction of sp³-hybridized carbons (Fsp3) is 0.333. The predicted octanol–water partition coefficient (Wildman–Crippen LogP) is 4.74. The number of hydrogen-bond donors (Lipinski definition) is 0. The second-order valence-corrected chi connectivity index (χ2v) is 7.05. The number of halogens is 2. The Kier molecular flexibility index (Phi) is 3.78. The summed E-state index contributed by atoms with van der Waals surface area (Å²) >= 11 is 12.4. The number of carbonyl (C=O) groups excluding carboxylic acids is 1. The Bertz CT molecular complexity index is 787. The van der Waals surface area contributed by atoms with Gasteiger partial charge in [-0.2, -0.15) is 0 Å². The van der Waals surface area contributed by atoms with Crippen LogP contribution in [0.2, 0.25) is 10.0 Å². The first-order chi connectivity index (χ1) is 11.1. The summed E-state index contributed by atoms with van der Waals surface area (Å²) in [5.41, 5.74) is 3.52. The average Bonchev–Trinajstić information content (AvgIpc) is 2.80. The van der Waals surface area contributed by atoms with Crippen LogP contribution in [-0.4, -0.2) is 17.4 Å². The number of nitrogens with zero attached hydrogens (tertiary/aromatic N) is 2. The molecule has 1 saturated carbocycles. The van der Waals surface area contributed by atoms with Crippen molar-refractivity contribution in [2.45, 2.75) is 25.7 Å². The lowest BCUT2D eigenvalue weighted by Crippen LogP contribution is -2.34. The zero-order chi connectivity index (χ0) is 16.0. The lowest BCUT2D eigenvalue weighted by atomic mass is 9.85. The molecule has 0 spiro atoms. The molecule has 23 heavy (non-hydrogen) atoms. The van der Waals surface area contributed by atoms with E-state index >= 15 is 0 Å². The van der Waals surface area contributed by atoms with Gasteiger partial charge in [0.05, 0.1) is 27.8 Å². The molecule has 0 saturated heterocycles. The van der Waals surface area contributed by atoms with Crippen LogP contribution < -0.4 is 4.90 Å². The van der Waals surface area contributed by atoms with Crippen LogP contribution in [0.15, 0.2) is 30.5 Å². The summed E-state index contributed by atoms with van der Waals surface area (Å²) in [7, 11) is 0. The van der Waals surface area contributed by atoms with Gasteiger partial charge < -0.3 is 4.90 Å². The number of fused-ring (bicyclic) bond motifs is 1. The molecule has 118 valence electrons. The summed E-state index contributed by atoms with van der Waals surface area (Å²) in [5, 5.41) is 1.04. The van der Waals surface area contributed by atoms with Crippen LogP contribution in [-0.2, 0) is 11.2 Å². The van der Waals surface area contributed by atoms with E-state index in [0.717, 1.165) is 29.1 Å². The van der Waals surface area contributed by atoms with E-state index in [1.807, 2.05) is 23.1 Å². The van der Waals surface area contributed by atoms with Crippen LogP contribution in [0.4, 0.5) is 5.69 Å². The monoisotopic (exact) mass is 346 g/mol. The molecule has 1 aliphatic carbocycles. The maximum Gasteiger partial charge on any atom is 0.233 e. The summed E-state index contributed by atoms with van der Waals surface area (Å²) < 4.78 is 0. The molecular weight excluding hydrogens is 331 g/mol. The molecular formula is C18H16Cl2N2O. The van der Waals surface area contributed by atoms with E-state index in [2.05, 4.69) is 4.98 Å². The van der Waals surface area contributed by atoms with Crippen LogP contribution in [0.25, 0.3) is 11.1 Å². The summed E-state index contributed by atoms with van der Waals surface area (Å²) in [6, 6.07) is 7.57. The third kappa shape index (κ3) is 2.62. The zero-order valence-electron chi connectivity index (χ0n) is 12.6. The maximum absolute atomic E-state index is 12.3. The highest BCUT2D eigenvalue weighted by Crippen LogP contribution is 2.38. The van der Waals surface area contributed by atoms with Gasteiger partial charge in [-0.25, -0.2) is 0 Å². The molecule has 1 aromatic carbocycles. The molecule has 3 nitrogen and oxygen atoms in total. The Hall–Kier alpha value is -1.58. The first-order valence-electron chi connectivity index (χ1n) is 7.87. The molecule has 0 bridgehead atoms. The molecule has 2 aliphatic rings. The van der Waals surface area contributed by atoms with Gasteiger partial charge in [-0.15, -0.1) is 0 Å². The molecule has 1 amide bonds. The Morgan fingerprint density at radius 3 is 2.83 bits per heavy atom. The summed E-state index contributed by atoms with van der Waals surface area (Å²) in [6.45, 7) is 0.806. The molecule has 2 heterocycles. The second kappa shape index (κ2) is 5.81. The normalized spacial score (nSPS) is 17.3. The van der Waals surface area contributed by atoms with E-state index in [0.29, 0.717) is 22.4 Å². The fourth-order valence-electron chi connectivity index (χ4n) is 3.23. The number of rotatable bonds is 3. The van der Waals surface area contributed by atoms with E-state index in [-0.39, 0.29) is 5.91 Å². The van der Waals surface area contributed by atoms with Crippen LogP contribution >= 0.6 is 23.2 Å². The topological polar surface area (TPSA) is 33.2 Å². The number of benzene rings is 1. The van der Waals surface area contributed by atoms with Crippen LogP contribution in [0.5, 0.6) is 0 Å². The smallest absolute Gasteiger partial charge is 0.233 e. The molecule has 1 fully saturated rings. The van der Waals surface area contributed by atoms with Gasteiger partial charge in [0.25, 0.3) is 0 Å². The molecule has 1 aromatic heterocycles. The summed E-state index contributed by atoms with van der Waals surface area (Å²) in [5.74, 6) is 0.775. The van der Waals surface area contributed by atoms with Crippen molar-refractivity contribution in [3.8, 4) is 11.1 Å². The third-order valence-corrected chi connectivity index (χ3v) is 5.60. The molecule has 5 heteroatoms. The molecule has 0 atom stereocenters. The van der Waals surface area contributed by atoms with Crippen molar-refractivity contribution in [1.29, 1.82) is 0 Å². The number of pyridine rings is 1. The molecule has 0 N–H and O–H groups in total. The van der Waals surface area contributed by atoms with Gasteiger partial charge >= 0.3 is 0 Å². The SMILES string of the molecule is O=C1Cc2ncc(-c3cccc(Cl)c3Cl)cc2N1CC1CCC1. The minimum atomic E-state index is 0.147. The minimum absolute atomic E-state index is 0.147. The third-order valence-electron chi connectivity index (χ3n) is 4.79. The first kappa shape index (κ1) is 15.0. The van der Waals surface area contributed by atoms with E-state index in [4.69, 9.17) is 23.2 Å². The zero-order valence-corrected chi connectivity index (χ0v) is 14.1. The number of carbonyl (C=O) groups is 1. The Labute approximate surface area is 145 Å². The second-order valence-electron chi connectivity index (χ2n) is 6.27. The minimum Gasteiger partial charge on any atom is -0.310 e. The Balaban J connectivity index is 1.72. The van der Waals surface area contributed by atoms with Gasteiger partial charge in [0.1, 0.15) is 0 Å². The van der Waals surface area contributed by atoms with Crippen molar-refractivity contribution in [3.63, 3.8) is 0 Å². The van der Waals surface area contributed by atoms with Crippen molar-refractivity contribution < 1.29 is 4.79 Å². The van der Waals surface area contributed by atoms with Gasteiger partial charge in [-0.1, -0.05) is 41.8 Å². The first-order valence-corrected chi connectivity index (χ1v) is 8.63. The van der Waals surface area contributed by atoms with Crippen molar-refractivity contribution in [1.82, 2.24) is 4.98 Å². The maximum atomic E-state index is 12.3. The largest absolute Gasteiger partial charge is 0.310 e. The predicted molar refractivity (Wildman–Crippen MR) is 93.1 cm³/mol. The highest BCUT2D eigenvalue weighted by molar-refractivity contribution is 6.43. The fourth-order valence-corrected chi connectivity index (χ4v) is 3.64. The molecule has 1 aliphatic heterocycles. The van der Waals surface area contributed by atoms with Crippen molar-refractivity contribution in [2.75, 3.05) is 11.4 Å². The number of aromatic nitrogens is 1. The van der Waals surface area contributed by atoms with E-state index in [1.54, 1.807) is 12.3 Å². The van der Waals surface area contributed by atoms with Gasteiger partial charge in [0.2, 0.25) is 5.91 Å². The number of amides is 1. The van der Waals surface area contributed by atoms with Gasteiger partial charge in [0, 0.05) is 23.9 Å². The number of anilines is 1. The van der Waals surface area contributed by atoms with Gasteiger partial charge in [-0.3, -0.25) is 9.78 Å². The Morgan fingerprint density at radius 2 is 2.09 bits per heavy atom. The standard InChI is InChI=1S/C18H16Cl2N2O/c19-14-6-2-5-13(18(14)20)12-7-16-15(21-9-12)8-17(23)22(16)10-11-3-1-4-11/h2,5-7,9,11H,1,3-4,8,10H2. The van der Waals surface area contributed by atoms with Crippen molar-refractivity contribution in [3.05, 3.63) is 46.2 Å². The van der Waals surface area contributed by atoms with Crippen molar-refractivity contribution in [2.24, 2.45) is 5.92 Å². The molecule has 0 radical (unpaired) electrons. The quantitative estimate of drug-likeness (QED) is 0.803. The molecule has 2 aromatic rings. The lowest BCUT2D eigenvalue weighted by Gasteiger charge is -2.30. The van der Waals surface area contributed by atoms with Gasteiger partial charge in [-0.05, 0) is 30.9 Å². The van der Waals surface area contributed by atoms with Gasteiger partial charge in [0.15, 0.2) is 0 Å². The summed E-state index contributed by atoms with van der Waals surface area (Å²) in [4.78, 5) is 18.7. The van der Waals surface area contributed by atoms with Crippen LogP contribution in [0.1, 0.15) is 25.0 Å². The van der Waals surface area contributed by atoms with Crippen LogP contribution in [0.3, 0.4) is 0 Å². The Morgan fingerprint density at radius 1 is 1.26 bits per heavy atom. The van der Waals surface area contributed by atoms with Crippen LogP contribution in [0, 0.1) is 5.92 Å². The highest BCUT2D eigenvalue weighted by atomic mass is 35.5. The average molecular weight is 347 g/mol. The summed E-state index contributed by atoms with van der Waals surface area (Å²) in [6.07, 6.45) is 5.87. The highest BCUT2D eigenvalue weighted by Gasteiger charge is 2.32.